The number of nitrogen functional groups attached to an aromatic ring is 2. The molecule has 0 fully saturated rings. The number of amides is 2. The fraction of sp³-hybridized carbons (Fsp3) is 0.222. The fourth-order valence-corrected chi connectivity index (χ4v) is 1.09. The number of pyridine rings is 1. The average molecular weight is 238 g/mol. The number of nitrogens with two attached hydrogens (primary N) is 2. The molecular formula is C9H14N6O2. The number of carbonyl (C=O) groups excluding carboxylic acids is 1. The van der Waals surface area contributed by atoms with Crippen molar-refractivity contribution in [3.63, 3.8) is 0 Å². The summed E-state index contributed by atoms with van der Waals surface area (Å²) < 4.78 is 0. The monoisotopic (exact) mass is 238 g/mol. The van der Waals surface area contributed by atoms with Gasteiger partial charge in [-0.3, -0.25) is 10.7 Å². The van der Waals surface area contributed by atoms with Gasteiger partial charge >= 0.3 is 6.03 Å². The summed E-state index contributed by atoms with van der Waals surface area (Å²) in [6.07, 6.45) is 1.30. The average Bonchev–Trinajstić information content (AvgIpc) is 2.26. The van der Waals surface area contributed by atoms with Crippen LogP contribution in [-0.4, -0.2) is 35.1 Å². The Balaban J connectivity index is 2.70. The molecule has 0 saturated carbocycles. The van der Waals surface area contributed by atoms with Crippen molar-refractivity contribution >= 4 is 23.4 Å². The lowest BCUT2D eigenvalue weighted by Gasteiger charge is -2.08. The lowest BCUT2D eigenvalue weighted by Crippen LogP contribution is -2.31. The van der Waals surface area contributed by atoms with E-state index < -0.39 is 6.03 Å². The molecule has 0 atom stereocenters. The maximum atomic E-state index is 11.2. The minimum atomic E-state index is -0.499. The first kappa shape index (κ1) is 12.7. The number of urea groups is 1. The molecule has 1 rings (SSSR count). The molecule has 0 aliphatic carbocycles. The van der Waals surface area contributed by atoms with Crippen LogP contribution < -0.4 is 22.1 Å². The number of hydrogen-bond acceptors (Lipinski definition) is 5. The van der Waals surface area contributed by atoms with Crippen LogP contribution in [0.3, 0.4) is 0 Å². The maximum Gasteiger partial charge on any atom is 0.320 e. The molecular weight excluding hydrogens is 224 g/mol. The van der Waals surface area contributed by atoms with Crippen LogP contribution in [0.25, 0.3) is 0 Å². The van der Waals surface area contributed by atoms with Crippen molar-refractivity contribution < 1.29 is 9.90 Å². The number of nitrogens with zero attached hydrogens (tertiary/aromatic N) is 1. The van der Waals surface area contributed by atoms with Gasteiger partial charge in [0, 0.05) is 24.5 Å². The summed E-state index contributed by atoms with van der Waals surface area (Å²) >= 11 is 0. The molecule has 1 aromatic heterocycles. The number of hydrogen-bond donors (Lipinski definition) is 6. The van der Waals surface area contributed by atoms with Gasteiger partial charge in [0.25, 0.3) is 0 Å². The SMILES string of the molecule is N=C(N)c1cnc(NC(=O)NCCO)cc1N. The molecule has 0 spiro atoms. The van der Waals surface area contributed by atoms with Gasteiger partial charge in [0.05, 0.1) is 12.2 Å². The van der Waals surface area contributed by atoms with Crippen LogP contribution in [-0.2, 0) is 0 Å². The van der Waals surface area contributed by atoms with Gasteiger partial charge < -0.3 is 21.9 Å². The summed E-state index contributed by atoms with van der Waals surface area (Å²) in [6, 6.07) is 0.899. The Morgan fingerprint density at radius 3 is 2.82 bits per heavy atom. The van der Waals surface area contributed by atoms with Gasteiger partial charge in [0.15, 0.2) is 0 Å². The Kier molecular flexibility index (Phi) is 4.23. The Morgan fingerprint density at radius 2 is 2.29 bits per heavy atom. The minimum absolute atomic E-state index is 0.146. The molecule has 2 amide bonds. The van der Waals surface area contributed by atoms with Crippen molar-refractivity contribution in [1.82, 2.24) is 10.3 Å². The van der Waals surface area contributed by atoms with Gasteiger partial charge in [-0.1, -0.05) is 0 Å². The smallest absolute Gasteiger partial charge is 0.320 e. The second-order valence-electron chi connectivity index (χ2n) is 3.17. The van der Waals surface area contributed by atoms with Crippen molar-refractivity contribution in [2.75, 3.05) is 24.2 Å². The van der Waals surface area contributed by atoms with E-state index in [-0.39, 0.29) is 30.5 Å². The van der Waals surface area contributed by atoms with Crippen molar-refractivity contribution in [2.24, 2.45) is 5.73 Å². The summed E-state index contributed by atoms with van der Waals surface area (Å²) in [6.45, 7) is -0.000886. The molecule has 8 nitrogen and oxygen atoms in total. The van der Waals surface area contributed by atoms with Gasteiger partial charge in [0.2, 0.25) is 0 Å². The number of aromatic nitrogens is 1. The third-order valence-electron chi connectivity index (χ3n) is 1.87. The third-order valence-corrected chi connectivity index (χ3v) is 1.87. The summed E-state index contributed by atoms with van der Waals surface area (Å²) in [5.74, 6) is 0.0502. The molecule has 1 aromatic rings. The molecule has 0 radical (unpaired) electrons. The normalized spacial score (nSPS) is 9.71. The largest absolute Gasteiger partial charge is 0.398 e. The number of aliphatic hydroxyl groups excluding tert-OH is 1. The molecule has 0 saturated heterocycles. The van der Waals surface area contributed by atoms with Crippen molar-refractivity contribution in [3.8, 4) is 0 Å². The Labute approximate surface area is 97.5 Å². The van der Waals surface area contributed by atoms with E-state index in [0.717, 1.165) is 0 Å². The van der Waals surface area contributed by atoms with Gasteiger partial charge in [-0.2, -0.15) is 0 Å². The maximum absolute atomic E-state index is 11.2. The van der Waals surface area contributed by atoms with E-state index in [1.165, 1.54) is 12.3 Å². The van der Waals surface area contributed by atoms with Gasteiger partial charge in [-0.15, -0.1) is 0 Å². The van der Waals surface area contributed by atoms with Gasteiger partial charge in [-0.25, -0.2) is 9.78 Å². The first-order valence-corrected chi connectivity index (χ1v) is 4.80. The highest BCUT2D eigenvalue weighted by molar-refractivity contribution is 6.00. The van der Waals surface area contributed by atoms with Crippen molar-refractivity contribution in [3.05, 3.63) is 17.8 Å². The Hall–Kier alpha value is -2.35. The second-order valence-corrected chi connectivity index (χ2v) is 3.17. The summed E-state index contributed by atoms with van der Waals surface area (Å²) in [5.41, 5.74) is 11.5. The molecule has 1 heterocycles. The Bertz CT molecular complexity index is 433. The zero-order chi connectivity index (χ0) is 12.8. The number of anilines is 2. The van der Waals surface area contributed by atoms with Crippen LogP contribution in [0, 0.1) is 5.41 Å². The lowest BCUT2D eigenvalue weighted by atomic mass is 10.2. The number of aliphatic hydroxyl groups is 1. The standard InChI is InChI=1S/C9H14N6O2/c10-6-3-7(14-4-5(6)8(11)12)15-9(17)13-1-2-16/h3-4,16H,1-2H2,(H3,11,12)(H4,10,13,14,15,17). The number of nitrogens with one attached hydrogen (secondary N) is 3. The second kappa shape index (κ2) is 5.66. The van der Waals surface area contributed by atoms with E-state index in [9.17, 15) is 4.79 Å². The quantitative estimate of drug-likeness (QED) is 0.295. The topological polar surface area (TPSA) is 150 Å². The zero-order valence-corrected chi connectivity index (χ0v) is 9.03. The molecule has 0 aromatic carbocycles. The van der Waals surface area contributed by atoms with Crippen LogP contribution in [0.1, 0.15) is 5.56 Å². The molecule has 0 bridgehead atoms. The van der Waals surface area contributed by atoms with Crippen LogP contribution >= 0.6 is 0 Å². The summed E-state index contributed by atoms with van der Waals surface area (Å²) in [5, 5.41) is 20.5. The van der Waals surface area contributed by atoms with E-state index in [2.05, 4.69) is 15.6 Å². The summed E-state index contributed by atoms with van der Waals surface area (Å²) in [7, 11) is 0. The van der Waals surface area contributed by atoms with E-state index in [1.54, 1.807) is 0 Å². The van der Waals surface area contributed by atoms with Crippen molar-refractivity contribution in [1.29, 1.82) is 5.41 Å². The number of rotatable bonds is 4. The first-order chi connectivity index (χ1) is 8.04. The predicted molar refractivity (Wildman–Crippen MR) is 63.8 cm³/mol. The highest BCUT2D eigenvalue weighted by Crippen LogP contribution is 2.14. The summed E-state index contributed by atoms with van der Waals surface area (Å²) in [4.78, 5) is 15.1. The molecule has 8 N–H and O–H groups in total. The van der Waals surface area contributed by atoms with Crippen LogP contribution in [0.2, 0.25) is 0 Å². The van der Waals surface area contributed by atoms with Crippen LogP contribution in [0.5, 0.6) is 0 Å². The number of carbonyl (C=O) groups is 1. The van der Waals surface area contributed by atoms with E-state index in [1.807, 2.05) is 0 Å². The fourth-order valence-electron chi connectivity index (χ4n) is 1.09. The predicted octanol–water partition coefficient (Wildman–Crippen LogP) is -0.938. The van der Waals surface area contributed by atoms with Gasteiger partial charge in [-0.05, 0) is 0 Å². The zero-order valence-electron chi connectivity index (χ0n) is 9.03. The molecule has 92 valence electrons. The highest BCUT2D eigenvalue weighted by Gasteiger charge is 2.06. The first-order valence-electron chi connectivity index (χ1n) is 4.80. The molecule has 0 aliphatic heterocycles. The van der Waals surface area contributed by atoms with E-state index >= 15 is 0 Å². The minimum Gasteiger partial charge on any atom is -0.398 e. The van der Waals surface area contributed by atoms with E-state index in [4.69, 9.17) is 22.0 Å². The van der Waals surface area contributed by atoms with Gasteiger partial charge in [0.1, 0.15) is 11.7 Å². The molecule has 0 unspecified atom stereocenters. The molecule has 0 aliphatic rings. The van der Waals surface area contributed by atoms with Crippen LogP contribution in [0.4, 0.5) is 16.3 Å². The van der Waals surface area contributed by atoms with Crippen molar-refractivity contribution in [2.45, 2.75) is 0 Å². The Morgan fingerprint density at radius 1 is 1.59 bits per heavy atom. The lowest BCUT2D eigenvalue weighted by molar-refractivity contribution is 0.244. The molecule has 8 heteroatoms. The third kappa shape index (κ3) is 3.61. The van der Waals surface area contributed by atoms with Crippen LogP contribution in [0.15, 0.2) is 12.3 Å². The van der Waals surface area contributed by atoms with E-state index in [0.29, 0.717) is 5.56 Å². The number of amidine groups is 1. The molecule has 17 heavy (non-hydrogen) atoms. The highest BCUT2D eigenvalue weighted by atomic mass is 16.3.